The van der Waals surface area contributed by atoms with Crippen LogP contribution in [0.15, 0.2) is 24.8 Å². The van der Waals surface area contributed by atoms with E-state index in [0.717, 1.165) is 6.08 Å². The molecule has 108 valence electrons. The number of carbonyl (C=O) groups is 2. The van der Waals surface area contributed by atoms with Crippen molar-refractivity contribution in [1.82, 2.24) is 0 Å². The second-order valence-corrected chi connectivity index (χ2v) is 3.70. The Kier molecular flexibility index (Phi) is 9.38. The van der Waals surface area contributed by atoms with Gasteiger partial charge >= 0.3 is 11.9 Å². The molecule has 0 aromatic rings. The standard InChI is InChI=1S/C7H10O3.C6H10O3/c1-5(2)7(8)10-4-6-3-9-6;1-3-6(7)9-5-4-8-2/h6H,1,3-4H2,2H3;3H,1,4-5H2,2H3. The molecule has 6 heteroatoms. The molecule has 0 spiro atoms. The van der Waals surface area contributed by atoms with E-state index < -0.39 is 5.97 Å². The summed E-state index contributed by atoms with van der Waals surface area (Å²) in [7, 11) is 1.54. The fraction of sp³-hybridized carbons (Fsp3) is 0.538. The van der Waals surface area contributed by atoms with Gasteiger partial charge in [-0.15, -0.1) is 0 Å². The molecule has 0 N–H and O–H groups in total. The zero-order valence-electron chi connectivity index (χ0n) is 11.3. The van der Waals surface area contributed by atoms with E-state index in [2.05, 4.69) is 22.6 Å². The van der Waals surface area contributed by atoms with Crippen LogP contribution in [-0.2, 0) is 28.5 Å². The zero-order valence-corrected chi connectivity index (χ0v) is 11.3. The van der Waals surface area contributed by atoms with E-state index in [1.165, 1.54) is 0 Å². The first-order valence-electron chi connectivity index (χ1n) is 5.73. The van der Waals surface area contributed by atoms with Crippen molar-refractivity contribution < 1.29 is 28.5 Å². The molecule has 0 aliphatic carbocycles. The maximum atomic E-state index is 10.7. The summed E-state index contributed by atoms with van der Waals surface area (Å²) in [6, 6.07) is 0. The van der Waals surface area contributed by atoms with Crippen LogP contribution in [0.4, 0.5) is 0 Å². The number of hydrogen-bond acceptors (Lipinski definition) is 6. The van der Waals surface area contributed by atoms with Crippen molar-refractivity contribution in [2.45, 2.75) is 13.0 Å². The molecule has 1 unspecified atom stereocenters. The molecule has 1 aliphatic rings. The lowest BCUT2D eigenvalue weighted by atomic mass is 10.4. The van der Waals surface area contributed by atoms with Gasteiger partial charge in [0.1, 0.15) is 19.3 Å². The number of methoxy groups -OCH3 is 1. The van der Waals surface area contributed by atoms with Crippen molar-refractivity contribution >= 4 is 11.9 Å². The number of carbonyl (C=O) groups excluding carboxylic acids is 2. The average molecular weight is 272 g/mol. The molecule has 0 bridgehead atoms. The van der Waals surface area contributed by atoms with Crippen LogP contribution in [0.3, 0.4) is 0 Å². The lowest BCUT2D eigenvalue weighted by Gasteiger charge is -1.99. The molecule has 1 saturated heterocycles. The normalized spacial score (nSPS) is 15.6. The third-order valence-corrected chi connectivity index (χ3v) is 1.85. The molecule has 1 aliphatic heterocycles. The van der Waals surface area contributed by atoms with E-state index in [-0.39, 0.29) is 12.1 Å². The smallest absolute Gasteiger partial charge is 0.333 e. The number of hydrogen-bond donors (Lipinski definition) is 0. The average Bonchev–Trinajstić information content (AvgIpc) is 3.20. The third kappa shape index (κ3) is 11.2. The highest BCUT2D eigenvalue weighted by Crippen LogP contribution is 2.09. The quantitative estimate of drug-likeness (QED) is 0.296. The molecule has 0 aromatic carbocycles. The number of esters is 2. The molecule has 19 heavy (non-hydrogen) atoms. The predicted octanol–water partition coefficient (Wildman–Crippen LogP) is 0.866. The van der Waals surface area contributed by atoms with Gasteiger partial charge in [0.2, 0.25) is 0 Å². The SMILES string of the molecule is C=C(C)C(=O)OCC1CO1.C=CC(=O)OCCOC. The van der Waals surface area contributed by atoms with Crippen molar-refractivity contribution in [3.05, 3.63) is 24.8 Å². The van der Waals surface area contributed by atoms with E-state index in [0.29, 0.717) is 32.0 Å². The van der Waals surface area contributed by atoms with Gasteiger partial charge in [-0.1, -0.05) is 13.2 Å². The van der Waals surface area contributed by atoms with Gasteiger partial charge in [-0.25, -0.2) is 9.59 Å². The van der Waals surface area contributed by atoms with Gasteiger partial charge in [-0.05, 0) is 6.92 Å². The van der Waals surface area contributed by atoms with Crippen molar-refractivity contribution in [1.29, 1.82) is 0 Å². The summed E-state index contributed by atoms with van der Waals surface area (Å²) in [6.45, 7) is 10.1. The summed E-state index contributed by atoms with van der Waals surface area (Å²) >= 11 is 0. The Morgan fingerprint density at radius 2 is 2.00 bits per heavy atom. The van der Waals surface area contributed by atoms with Crippen molar-refractivity contribution in [2.75, 3.05) is 33.5 Å². The van der Waals surface area contributed by atoms with Crippen LogP contribution in [0.25, 0.3) is 0 Å². The predicted molar refractivity (Wildman–Crippen MR) is 68.5 cm³/mol. The molecule has 0 amide bonds. The Hall–Kier alpha value is -1.66. The summed E-state index contributed by atoms with van der Waals surface area (Å²) < 4.78 is 18.8. The molecule has 1 atom stereocenters. The first-order chi connectivity index (χ1) is 9.01. The molecule has 0 radical (unpaired) electrons. The van der Waals surface area contributed by atoms with E-state index in [4.69, 9.17) is 9.47 Å². The second kappa shape index (κ2) is 10.3. The Bertz CT molecular complexity index is 319. The molecule has 0 saturated carbocycles. The summed E-state index contributed by atoms with van der Waals surface area (Å²) in [4.78, 5) is 21.0. The first-order valence-corrected chi connectivity index (χ1v) is 5.73. The van der Waals surface area contributed by atoms with Crippen LogP contribution in [0, 0.1) is 0 Å². The lowest BCUT2D eigenvalue weighted by molar-refractivity contribution is -0.140. The first kappa shape index (κ1) is 17.3. The molecular weight excluding hydrogens is 252 g/mol. The van der Waals surface area contributed by atoms with Crippen molar-refractivity contribution in [3.63, 3.8) is 0 Å². The summed E-state index contributed by atoms with van der Waals surface area (Å²) in [5.74, 6) is -0.748. The highest BCUT2D eigenvalue weighted by Gasteiger charge is 2.24. The van der Waals surface area contributed by atoms with Crippen molar-refractivity contribution in [3.8, 4) is 0 Å². The van der Waals surface area contributed by atoms with Crippen LogP contribution in [-0.4, -0.2) is 51.6 Å². The van der Waals surface area contributed by atoms with E-state index in [1.807, 2.05) is 0 Å². The largest absolute Gasteiger partial charge is 0.460 e. The maximum Gasteiger partial charge on any atom is 0.333 e. The van der Waals surface area contributed by atoms with E-state index >= 15 is 0 Å². The molecule has 1 heterocycles. The van der Waals surface area contributed by atoms with Crippen LogP contribution in [0.2, 0.25) is 0 Å². The Morgan fingerprint density at radius 3 is 2.42 bits per heavy atom. The fourth-order valence-corrected chi connectivity index (χ4v) is 0.741. The van der Waals surface area contributed by atoms with Crippen LogP contribution in [0.1, 0.15) is 6.92 Å². The topological polar surface area (TPSA) is 74.4 Å². The van der Waals surface area contributed by atoms with E-state index in [9.17, 15) is 9.59 Å². The molecule has 1 fully saturated rings. The fourth-order valence-electron chi connectivity index (χ4n) is 0.741. The van der Waals surface area contributed by atoms with Gasteiger partial charge in [-0.2, -0.15) is 0 Å². The monoisotopic (exact) mass is 272 g/mol. The van der Waals surface area contributed by atoms with Crippen LogP contribution < -0.4 is 0 Å². The zero-order chi connectivity index (χ0) is 14.7. The second-order valence-electron chi connectivity index (χ2n) is 3.70. The maximum absolute atomic E-state index is 10.7. The van der Waals surface area contributed by atoms with Gasteiger partial charge < -0.3 is 18.9 Å². The Balaban J connectivity index is 0.000000344. The Morgan fingerprint density at radius 1 is 1.37 bits per heavy atom. The van der Waals surface area contributed by atoms with Gasteiger partial charge in [0.05, 0.1) is 13.2 Å². The number of rotatable bonds is 7. The third-order valence-electron chi connectivity index (χ3n) is 1.85. The van der Waals surface area contributed by atoms with Crippen LogP contribution >= 0.6 is 0 Å². The molecule has 1 rings (SSSR count). The lowest BCUT2D eigenvalue weighted by Crippen LogP contribution is -2.09. The van der Waals surface area contributed by atoms with E-state index in [1.54, 1.807) is 14.0 Å². The van der Waals surface area contributed by atoms with Gasteiger partial charge in [0, 0.05) is 18.8 Å². The Labute approximate surface area is 113 Å². The summed E-state index contributed by atoms with van der Waals surface area (Å²) in [5.41, 5.74) is 0.431. The summed E-state index contributed by atoms with van der Waals surface area (Å²) in [5, 5.41) is 0. The summed E-state index contributed by atoms with van der Waals surface area (Å²) in [6.07, 6.45) is 1.26. The van der Waals surface area contributed by atoms with Gasteiger partial charge in [0.25, 0.3) is 0 Å². The minimum absolute atomic E-state index is 0.142. The molecule has 0 aromatic heterocycles. The van der Waals surface area contributed by atoms with Gasteiger partial charge in [0.15, 0.2) is 0 Å². The molecular formula is C13H20O6. The molecule has 6 nitrogen and oxygen atoms in total. The van der Waals surface area contributed by atoms with Crippen LogP contribution in [0.5, 0.6) is 0 Å². The van der Waals surface area contributed by atoms with Crippen molar-refractivity contribution in [2.24, 2.45) is 0 Å². The highest BCUT2D eigenvalue weighted by atomic mass is 16.6. The van der Waals surface area contributed by atoms with Gasteiger partial charge in [-0.3, -0.25) is 0 Å². The highest BCUT2D eigenvalue weighted by molar-refractivity contribution is 5.86. The number of epoxide rings is 1. The minimum atomic E-state index is -0.410. The number of ether oxygens (including phenoxy) is 4. The minimum Gasteiger partial charge on any atom is -0.460 e.